The topological polar surface area (TPSA) is 40.5 Å². The van der Waals surface area contributed by atoms with Gasteiger partial charge in [0.2, 0.25) is 0 Å². The molecule has 0 radical (unpaired) electrons. The van der Waals surface area contributed by atoms with Gasteiger partial charge in [-0.15, -0.1) is 0 Å². The van der Waals surface area contributed by atoms with Crippen LogP contribution in [-0.4, -0.2) is 22.4 Å². The first-order valence-corrected chi connectivity index (χ1v) is 12.3. The Morgan fingerprint density at radius 1 is 1.00 bits per heavy atom. The first kappa shape index (κ1) is 20.9. The molecule has 0 spiro atoms. The van der Waals surface area contributed by atoms with Gasteiger partial charge in [0.25, 0.3) is 0 Å². The summed E-state index contributed by atoms with van der Waals surface area (Å²) in [5, 5.41) is 21.4. The van der Waals surface area contributed by atoms with Crippen molar-refractivity contribution in [2.45, 2.75) is 111 Å². The van der Waals surface area contributed by atoms with E-state index >= 15 is 0 Å². The van der Waals surface area contributed by atoms with Crippen molar-refractivity contribution >= 4 is 0 Å². The lowest BCUT2D eigenvalue weighted by molar-refractivity contribution is -0.0929. The van der Waals surface area contributed by atoms with Gasteiger partial charge >= 0.3 is 0 Å². The molecule has 3 fully saturated rings. The second-order valence-electron chi connectivity index (χ2n) is 11.8. The molecule has 8 atom stereocenters. The van der Waals surface area contributed by atoms with Crippen molar-refractivity contribution in [2.24, 2.45) is 40.4 Å². The molecule has 4 aliphatic carbocycles. The predicted octanol–water partition coefficient (Wildman–Crippen LogP) is 6.11. The summed E-state index contributed by atoms with van der Waals surface area (Å²) < 4.78 is 0. The maximum atomic E-state index is 11.2. The summed E-state index contributed by atoms with van der Waals surface area (Å²) in [5.41, 5.74) is 2.03. The van der Waals surface area contributed by atoms with E-state index in [4.69, 9.17) is 0 Å². The Morgan fingerprint density at radius 3 is 2.54 bits per heavy atom. The van der Waals surface area contributed by atoms with E-state index in [1.54, 1.807) is 0 Å². The van der Waals surface area contributed by atoms with E-state index in [-0.39, 0.29) is 17.6 Å². The van der Waals surface area contributed by atoms with E-state index in [9.17, 15) is 10.2 Å². The summed E-state index contributed by atoms with van der Waals surface area (Å²) in [6.07, 6.45) is 15.4. The largest absolute Gasteiger partial charge is 0.393 e. The lowest BCUT2D eigenvalue weighted by Crippen LogP contribution is -2.54. The molecule has 0 aromatic carbocycles. The van der Waals surface area contributed by atoms with Crippen molar-refractivity contribution in [3.63, 3.8) is 0 Å². The van der Waals surface area contributed by atoms with Gasteiger partial charge < -0.3 is 10.2 Å². The fraction of sp³-hybridized carbons (Fsp3) is 0.923. The van der Waals surface area contributed by atoms with Gasteiger partial charge in [0.1, 0.15) is 0 Å². The zero-order valence-corrected chi connectivity index (χ0v) is 18.8. The third kappa shape index (κ3) is 3.41. The van der Waals surface area contributed by atoms with Crippen molar-refractivity contribution in [3.05, 3.63) is 11.6 Å². The van der Waals surface area contributed by atoms with Crippen LogP contribution in [0.3, 0.4) is 0 Å². The molecule has 0 aliphatic heterocycles. The third-order valence-corrected chi connectivity index (χ3v) is 9.88. The molecule has 4 aliphatic rings. The average molecular weight is 389 g/mol. The van der Waals surface area contributed by atoms with Crippen LogP contribution < -0.4 is 0 Å². The highest BCUT2D eigenvalue weighted by atomic mass is 16.3. The Hall–Kier alpha value is -0.340. The fourth-order valence-corrected chi connectivity index (χ4v) is 8.16. The highest BCUT2D eigenvalue weighted by Crippen LogP contribution is 2.66. The highest BCUT2D eigenvalue weighted by Gasteiger charge is 2.60. The van der Waals surface area contributed by atoms with Gasteiger partial charge in [0.05, 0.1) is 12.2 Å². The lowest BCUT2D eigenvalue weighted by Gasteiger charge is -2.59. The third-order valence-electron chi connectivity index (χ3n) is 9.88. The summed E-state index contributed by atoms with van der Waals surface area (Å²) in [6, 6.07) is 0. The molecule has 4 rings (SSSR count). The summed E-state index contributed by atoms with van der Waals surface area (Å²) in [5.74, 6) is 3.45. The zero-order valence-electron chi connectivity index (χ0n) is 18.8. The van der Waals surface area contributed by atoms with Crippen molar-refractivity contribution in [2.75, 3.05) is 0 Å². The monoisotopic (exact) mass is 388 g/mol. The molecule has 0 amide bonds. The molecule has 8 unspecified atom stereocenters. The van der Waals surface area contributed by atoms with E-state index in [2.05, 4.69) is 33.8 Å². The van der Waals surface area contributed by atoms with Crippen LogP contribution in [0.5, 0.6) is 0 Å². The minimum atomic E-state index is -0.289. The van der Waals surface area contributed by atoms with E-state index in [1.807, 2.05) is 0 Å². The Kier molecular flexibility index (Phi) is 5.77. The summed E-state index contributed by atoms with van der Waals surface area (Å²) in [6.45, 7) is 9.71. The van der Waals surface area contributed by atoms with E-state index in [0.717, 1.165) is 31.1 Å². The van der Waals surface area contributed by atoms with Crippen LogP contribution in [0, 0.1) is 40.4 Å². The molecular formula is C26H44O2. The maximum Gasteiger partial charge on any atom is 0.0757 e. The predicted molar refractivity (Wildman–Crippen MR) is 116 cm³/mol. The number of hydrogen-bond acceptors (Lipinski definition) is 2. The number of unbranched alkanes of at least 4 members (excludes halogenated alkanes) is 1. The van der Waals surface area contributed by atoms with Gasteiger partial charge in [-0.3, -0.25) is 0 Å². The minimum absolute atomic E-state index is 0.196. The van der Waals surface area contributed by atoms with Crippen molar-refractivity contribution in [1.29, 1.82) is 0 Å². The van der Waals surface area contributed by atoms with Crippen LogP contribution in [-0.2, 0) is 0 Å². The van der Waals surface area contributed by atoms with Crippen molar-refractivity contribution < 1.29 is 10.2 Å². The molecule has 28 heavy (non-hydrogen) atoms. The second kappa shape index (κ2) is 7.73. The molecule has 3 saturated carbocycles. The van der Waals surface area contributed by atoms with Gasteiger partial charge in [-0.05, 0) is 91.8 Å². The molecule has 0 aromatic heterocycles. The van der Waals surface area contributed by atoms with E-state index in [0.29, 0.717) is 23.2 Å². The van der Waals surface area contributed by atoms with Crippen LogP contribution in [0.15, 0.2) is 11.6 Å². The molecule has 0 aromatic rings. The number of rotatable bonds is 5. The molecule has 2 heteroatoms. The van der Waals surface area contributed by atoms with Crippen LogP contribution in [0.25, 0.3) is 0 Å². The van der Waals surface area contributed by atoms with Crippen LogP contribution in [0.4, 0.5) is 0 Å². The molecule has 2 nitrogen and oxygen atoms in total. The smallest absolute Gasteiger partial charge is 0.0757 e. The molecular weight excluding hydrogens is 344 g/mol. The number of aliphatic hydroxyl groups excluding tert-OH is 2. The summed E-state index contributed by atoms with van der Waals surface area (Å²) in [7, 11) is 0. The number of aliphatic hydroxyl groups is 2. The van der Waals surface area contributed by atoms with Crippen molar-refractivity contribution in [3.8, 4) is 0 Å². The highest BCUT2D eigenvalue weighted by molar-refractivity contribution is 5.27. The Labute approximate surface area is 173 Å². The first-order chi connectivity index (χ1) is 13.3. The number of hydrogen-bond donors (Lipinski definition) is 2. The standard InChI is InChI=1S/C26H44O2/c1-17(2)7-5-6-8-18-9-10-21-24-22(12-14-25(18,21)3)26(4)13-11-20(27)15-19(26)16-23(24)28/h16-18,20-24,27-28H,5-15H2,1-4H3. The Bertz CT molecular complexity index is 595. The SMILES string of the molecule is CC(C)CCCCC1CCC2C3C(O)C=C4CC(O)CCC4(C)C3CCC12C. The molecule has 0 bridgehead atoms. The Morgan fingerprint density at radius 2 is 1.79 bits per heavy atom. The molecule has 0 saturated heterocycles. The zero-order chi connectivity index (χ0) is 20.1. The van der Waals surface area contributed by atoms with Crippen LogP contribution in [0.2, 0.25) is 0 Å². The van der Waals surface area contributed by atoms with Gasteiger partial charge in [-0.2, -0.15) is 0 Å². The molecule has 0 heterocycles. The first-order valence-electron chi connectivity index (χ1n) is 12.3. The fourth-order valence-electron chi connectivity index (χ4n) is 8.16. The maximum absolute atomic E-state index is 11.2. The Balaban J connectivity index is 1.50. The van der Waals surface area contributed by atoms with Crippen molar-refractivity contribution in [1.82, 2.24) is 0 Å². The van der Waals surface area contributed by atoms with Gasteiger partial charge in [0.15, 0.2) is 0 Å². The summed E-state index contributed by atoms with van der Waals surface area (Å²) in [4.78, 5) is 0. The normalized spacial score (nSPS) is 48.0. The van der Waals surface area contributed by atoms with Gasteiger partial charge in [-0.1, -0.05) is 58.6 Å². The molecule has 160 valence electrons. The quantitative estimate of drug-likeness (QED) is 0.440. The summed E-state index contributed by atoms with van der Waals surface area (Å²) >= 11 is 0. The van der Waals surface area contributed by atoms with Gasteiger partial charge in [-0.25, -0.2) is 0 Å². The average Bonchev–Trinajstić information content (AvgIpc) is 2.96. The minimum Gasteiger partial charge on any atom is -0.393 e. The molecule has 2 N–H and O–H groups in total. The number of fused-ring (bicyclic) bond motifs is 5. The lowest BCUT2D eigenvalue weighted by atomic mass is 9.46. The second-order valence-corrected chi connectivity index (χ2v) is 11.8. The van der Waals surface area contributed by atoms with Crippen LogP contribution >= 0.6 is 0 Å². The van der Waals surface area contributed by atoms with Crippen LogP contribution in [0.1, 0.15) is 98.3 Å². The van der Waals surface area contributed by atoms with Gasteiger partial charge in [0, 0.05) is 0 Å². The van der Waals surface area contributed by atoms with E-state index < -0.39 is 0 Å². The van der Waals surface area contributed by atoms with E-state index in [1.165, 1.54) is 56.9 Å².